The molecular formula is C21H31N3O3. The van der Waals surface area contributed by atoms with Crippen molar-refractivity contribution in [1.29, 1.82) is 5.26 Å². The Morgan fingerprint density at radius 2 is 1.85 bits per heavy atom. The molecule has 1 aliphatic rings. The number of nitrogens with one attached hydrogen (secondary N) is 1. The van der Waals surface area contributed by atoms with Gasteiger partial charge in [-0.3, -0.25) is 9.69 Å². The fraction of sp³-hybridized carbons (Fsp3) is 0.619. The molecule has 1 aliphatic heterocycles. The molecule has 1 aromatic rings. The summed E-state index contributed by atoms with van der Waals surface area (Å²) >= 11 is 0. The zero-order valence-electron chi connectivity index (χ0n) is 17.1. The molecule has 0 saturated carbocycles. The Balaban J connectivity index is 2.08. The van der Waals surface area contributed by atoms with Crippen molar-refractivity contribution in [2.75, 3.05) is 26.3 Å². The number of fused-ring (bicyclic) bond motifs is 1. The second kappa shape index (κ2) is 9.09. The Labute approximate surface area is 162 Å². The van der Waals surface area contributed by atoms with Crippen LogP contribution in [0.2, 0.25) is 0 Å². The lowest BCUT2D eigenvalue weighted by molar-refractivity contribution is -0.124. The summed E-state index contributed by atoms with van der Waals surface area (Å²) in [5.74, 6) is 1.46. The second-order valence-electron chi connectivity index (χ2n) is 7.41. The number of nitriles is 1. The largest absolute Gasteiger partial charge is 0.490 e. The molecule has 0 bridgehead atoms. The number of benzene rings is 1. The number of hydrogen-bond acceptors (Lipinski definition) is 5. The average molecular weight is 373 g/mol. The van der Waals surface area contributed by atoms with Crippen LogP contribution in [0.1, 0.15) is 45.7 Å². The van der Waals surface area contributed by atoms with Gasteiger partial charge in [-0.25, -0.2) is 0 Å². The monoisotopic (exact) mass is 373 g/mol. The van der Waals surface area contributed by atoms with E-state index < -0.39 is 5.54 Å². The zero-order valence-corrected chi connectivity index (χ0v) is 17.1. The molecule has 0 unspecified atom stereocenters. The summed E-state index contributed by atoms with van der Waals surface area (Å²) in [7, 11) is 0. The van der Waals surface area contributed by atoms with E-state index >= 15 is 0 Å². The van der Waals surface area contributed by atoms with Crippen molar-refractivity contribution in [2.45, 2.75) is 53.1 Å². The highest BCUT2D eigenvalue weighted by molar-refractivity contribution is 5.79. The van der Waals surface area contributed by atoms with Crippen molar-refractivity contribution in [3.63, 3.8) is 0 Å². The second-order valence-corrected chi connectivity index (χ2v) is 7.41. The molecule has 2 rings (SSSR count). The van der Waals surface area contributed by atoms with Gasteiger partial charge in [0, 0.05) is 13.1 Å². The van der Waals surface area contributed by atoms with Crippen molar-refractivity contribution in [2.24, 2.45) is 5.92 Å². The van der Waals surface area contributed by atoms with E-state index in [2.05, 4.69) is 22.4 Å². The summed E-state index contributed by atoms with van der Waals surface area (Å²) in [6.07, 6.45) is 0.856. The smallest absolute Gasteiger partial charge is 0.235 e. The first-order valence-corrected chi connectivity index (χ1v) is 9.68. The van der Waals surface area contributed by atoms with Gasteiger partial charge in [-0.15, -0.1) is 0 Å². The van der Waals surface area contributed by atoms with E-state index in [1.165, 1.54) is 5.56 Å². The van der Waals surface area contributed by atoms with Crippen LogP contribution in [0.25, 0.3) is 0 Å². The molecule has 27 heavy (non-hydrogen) atoms. The summed E-state index contributed by atoms with van der Waals surface area (Å²) in [4.78, 5) is 14.6. The number of carbonyl (C=O) groups is 1. The Kier molecular flexibility index (Phi) is 7.09. The predicted molar refractivity (Wildman–Crippen MR) is 105 cm³/mol. The van der Waals surface area contributed by atoms with E-state index in [0.29, 0.717) is 19.8 Å². The molecule has 1 N–H and O–H groups in total. The van der Waals surface area contributed by atoms with Crippen LogP contribution in [0.5, 0.6) is 11.5 Å². The number of hydrogen-bond donors (Lipinski definition) is 1. The third-order valence-corrected chi connectivity index (χ3v) is 5.11. The Bertz CT molecular complexity index is 711. The normalized spacial score (nSPS) is 16.2. The van der Waals surface area contributed by atoms with Gasteiger partial charge in [0.25, 0.3) is 0 Å². The van der Waals surface area contributed by atoms with Gasteiger partial charge in [0.05, 0.1) is 25.8 Å². The van der Waals surface area contributed by atoms with Crippen molar-refractivity contribution < 1.29 is 14.3 Å². The summed E-state index contributed by atoms with van der Waals surface area (Å²) in [6.45, 7) is 12.5. The molecule has 6 nitrogen and oxygen atoms in total. The molecule has 0 saturated heterocycles. The number of carbonyl (C=O) groups excluding carboxylic acids is 1. The standard InChI is InChI=1S/C21H31N3O3/c1-6-26-18-10-16-8-9-24(12-17(16)11-19(18)27-7-2)13-20(25)23-21(5,14-22)15(3)4/h10-11,15H,6-9,12-13H2,1-5H3,(H,23,25)/t21-/m0/s1. The lowest BCUT2D eigenvalue weighted by Crippen LogP contribution is -2.52. The first kappa shape index (κ1) is 21.0. The van der Waals surface area contributed by atoms with E-state index in [-0.39, 0.29) is 18.4 Å². The molecule has 0 aliphatic carbocycles. The predicted octanol–water partition coefficient (Wildman–Crippen LogP) is 2.90. The van der Waals surface area contributed by atoms with Gasteiger partial charge in [-0.2, -0.15) is 5.26 Å². The fourth-order valence-corrected chi connectivity index (χ4v) is 3.13. The van der Waals surface area contributed by atoms with Crippen LogP contribution >= 0.6 is 0 Å². The average Bonchev–Trinajstić information content (AvgIpc) is 2.62. The SMILES string of the molecule is CCOc1cc2c(cc1OCC)CN(CC(=O)N[C@@](C)(C#N)C(C)C)CC2. The minimum Gasteiger partial charge on any atom is -0.490 e. The lowest BCUT2D eigenvalue weighted by atomic mass is 9.90. The molecule has 0 aromatic heterocycles. The van der Waals surface area contributed by atoms with Crippen LogP contribution in [-0.4, -0.2) is 42.6 Å². The van der Waals surface area contributed by atoms with Crippen LogP contribution in [-0.2, 0) is 17.8 Å². The van der Waals surface area contributed by atoms with Crippen LogP contribution in [0.15, 0.2) is 12.1 Å². The molecule has 0 radical (unpaired) electrons. The zero-order chi connectivity index (χ0) is 20.0. The summed E-state index contributed by atoms with van der Waals surface area (Å²) < 4.78 is 11.4. The van der Waals surface area contributed by atoms with Crippen LogP contribution < -0.4 is 14.8 Å². The highest BCUT2D eigenvalue weighted by Crippen LogP contribution is 2.33. The maximum absolute atomic E-state index is 12.5. The summed E-state index contributed by atoms with van der Waals surface area (Å²) in [5.41, 5.74) is 1.55. The van der Waals surface area contributed by atoms with Crippen molar-refractivity contribution in [3.8, 4) is 17.6 Å². The maximum Gasteiger partial charge on any atom is 0.235 e. The highest BCUT2D eigenvalue weighted by atomic mass is 16.5. The molecule has 1 heterocycles. The van der Waals surface area contributed by atoms with Crippen LogP contribution in [0.3, 0.4) is 0 Å². The van der Waals surface area contributed by atoms with Gasteiger partial charge >= 0.3 is 0 Å². The third-order valence-electron chi connectivity index (χ3n) is 5.11. The molecule has 1 atom stereocenters. The van der Waals surface area contributed by atoms with E-state index in [4.69, 9.17) is 9.47 Å². The Morgan fingerprint density at radius 1 is 1.26 bits per heavy atom. The van der Waals surface area contributed by atoms with E-state index in [1.54, 1.807) is 6.92 Å². The van der Waals surface area contributed by atoms with Crippen LogP contribution in [0.4, 0.5) is 0 Å². The minimum atomic E-state index is -0.848. The maximum atomic E-state index is 12.5. The molecule has 148 valence electrons. The van der Waals surface area contributed by atoms with Gasteiger partial charge in [-0.1, -0.05) is 13.8 Å². The minimum absolute atomic E-state index is 0.0410. The molecule has 6 heteroatoms. The molecule has 0 spiro atoms. The van der Waals surface area contributed by atoms with Crippen molar-refractivity contribution >= 4 is 5.91 Å². The highest BCUT2D eigenvalue weighted by Gasteiger charge is 2.31. The van der Waals surface area contributed by atoms with Gasteiger partial charge in [0.1, 0.15) is 5.54 Å². The quantitative estimate of drug-likeness (QED) is 0.758. The molecular weight excluding hydrogens is 342 g/mol. The Hall–Kier alpha value is -2.26. The van der Waals surface area contributed by atoms with E-state index in [0.717, 1.165) is 30.0 Å². The number of nitrogens with zero attached hydrogens (tertiary/aromatic N) is 2. The lowest BCUT2D eigenvalue weighted by Gasteiger charge is -2.32. The van der Waals surface area contributed by atoms with Gasteiger partial charge in [0.2, 0.25) is 5.91 Å². The van der Waals surface area contributed by atoms with E-state index in [9.17, 15) is 10.1 Å². The van der Waals surface area contributed by atoms with Gasteiger partial charge in [0.15, 0.2) is 11.5 Å². The van der Waals surface area contributed by atoms with Crippen LogP contribution in [0, 0.1) is 17.2 Å². The first-order valence-electron chi connectivity index (χ1n) is 9.68. The summed E-state index contributed by atoms with van der Waals surface area (Å²) in [5, 5.41) is 12.3. The van der Waals surface area contributed by atoms with E-state index in [1.807, 2.05) is 33.8 Å². The Morgan fingerprint density at radius 3 is 2.37 bits per heavy atom. The van der Waals surface area contributed by atoms with Gasteiger partial charge in [-0.05, 0) is 56.4 Å². The van der Waals surface area contributed by atoms with Crippen molar-refractivity contribution in [3.05, 3.63) is 23.3 Å². The number of amides is 1. The number of rotatable bonds is 8. The fourth-order valence-electron chi connectivity index (χ4n) is 3.13. The first-order chi connectivity index (χ1) is 12.8. The molecule has 0 fully saturated rings. The van der Waals surface area contributed by atoms with Crippen molar-refractivity contribution in [1.82, 2.24) is 10.2 Å². The molecule has 1 amide bonds. The summed E-state index contributed by atoms with van der Waals surface area (Å²) in [6, 6.07) is 6.31. The molecule has 1 aromatic carbocycles. The number of ether oxygens (including phenoxy) is 2. The van der Waals surface area contributed by atoms with Gasteiger partial charge < -0.3 is 14.8 Å². The third kappa shape index (κ3) is 5.14. The topological polar surface area (TPSA) is 74.6 Å².